The van der Waals surface area contributed by atoms with Crippen LogP contribution in [0.4, 0.5) is 0 Å². The number of benzene rings is 1. The molecule has 2 heteroatoms. The van der Waals surface area contributed by atoms with Crippen LogP contribution in [0.2, 0.25) is 0 Å². The molecule has 1 aromatic rings. The molecule has 0 saturated carbocycles. The predicted octanol–water partition coefficient (Wildman–Crippen LogP) is 3.89. The van der Waals surface area contributed by atoms with Gasteiger partial charge in [0.15, 0.2) is 0 Å². The molecule has 1 rings (SSSR count). The Kier molecular flexibility index (Phi) is 4.63. The highest BCUT2D eigenvalue weighted by molar-refractivity contribution is 9.10. The third kappa shape index (κ3) is 3.43. The first-order valence-corrected chi connectivity index (χ1v) is 5.90. The van der Waals surface area contributed by atoms with Crippen molar-refractivity contribution < 1.29 is 0 Å². The highest BCUT2D eigenvalue weighted by Crippen LogP contribution is 2.25. The minimum absolute atomic E-state index is 0.160. The molecule has 1 nitrogen and oxygen atoms in total. The molecule has 0 aliphatic heterocycles. The van der Waals surface area contributed by atoms with Gasteiger partial charge in [-0.1, -0.05) is 48.0 Å². The molecule has 2 N–H and O–H groups in total. The van der Waals surface area contributed by atoms with Crippen LogP contribution in [0.1, 0.15) is 38.3 Å². The maximum absolute atomic E-state index is 6.11. The lowest BCUT2D eigenvalue weighted by Gasteiger charge is -2.14. The normalized spacial score (nSPS) is 13.2. The lowest BCUT2D eigenvalue weighted by Crippen LogP contribution is -2.11. The molecule has 1 atom stereocenters. The Morgan fingerprint density at radius 3 is 2.43 bits per heavy atom. The molecule has 0 bridgehead atoms. The van der Waals surface area contributed by atoms with Gasteiger partial charge in [-0.2, -0.15) is 0 Å². The van der Waals surface area contributed by atoms with E-state index >= 15 is 0 Å². The fourth-order valence-electron chi connectivity index (χ4n) is 1.44. The minimum Gasteiger partial charge on any atom is -0.324 e. The average molecular weight is 256 g/mol. The Morgan fingerprint density at radius 1 is 1.21 bits per heavy atom. The molecule has 0 spiro atoms. The average Bonchev–Trinajstić information content (AvgIpc) is 2.15. The van der Waals surface area contributed by atoms with Crippen molar-refractivity contribution in [2.75, 3.05) is 0 Å². The molecule has 0 aliphatic rings. The summed E-state index contributed by atoms with van der Waals surface area (Å²) in [6.07, 6.45) is 2.24. The molecule has 0 fully saturated rings. The second kappa shape index (κ2) is 5.52. The Hall–Kier alpha value is -0.340. The van der Waals surface area contributed by atoms with Gasteiger partial charge in [-0.3, -0.25) is 0 Å². The van der Waals surface area contributed by atoms with Crippen molar-refractivity contribution in [3.8, 4) is 0 Å². The van der Waals surface area contributed by atoms with Crippen molar-refractivity contribution in [3.63, 3.8) is 0 Å². The molecule has 14 heavy (non-hydrogen) atoms. The summed E-state index contributed by atoms with van der Waals surface area (Å²) >= 11 is 3.52. The zero-order valence-electron chi connectivity index (χ0n) is 8.83. The zero-order valence-corrected chi connectivity index (χ0v) is 10.4. The van der Waals surface area contributed by atoms with E-state index in [9.17, 15) is 0 Å². The van der Waals surface area contributed by atoms with Crippen LogP contribution in [0, 0.1) is 5.92 Å². The van der Waals surface area contributed by atoms with Crippen LogP contribution in [-0.2, 0) is 0 Å². The largest absolute Gasteiger partial charge is 0.324 e. The van der Waals surface area contributed by atoms with E-state index in [4.69, 9.17) is 5.73 Å². The van der Waals surface area contributed by atoms with Crippen molar-refractivity contribution in [2.45, 2.75) is 32.7 Å². The number of hydrogen-bond acceptors (Lipinski definition) is 1. The number of rotatable bonds is 4. The van der Waals surface area contributed by atoms with Gasteiger partial charge in [0.2, 0.25) is 0 Å². The van der Waals surface area contributed by atoms with E-state index in [0.717, 1.165) is 16.8 Å². The summed E-state index contributed by atoms with van der Waals surface area (Å²) in [5.74, 6) is 0.725. The SMILES string of the molecule is CC(C)CC[C@@H](N)c1ccccc1Br. The molecule has 0 amide bonds. The van der Waals surface area contributed by atoms with Crippen LogP contribution in [-0.4, -0.2) is 0 Å². The van der Waals surface area contributed by atoms with E-state index in [-0.39, 0.29) is 6.04 Å². The molecular weight excluding hydrogens is 238 g/mol. The maximum atomic E-state index is 6.11. The lowest BCUT2D eigenvalue weighted by molar-refractivity contribution is 0.506. The van der Waals surface area contributed by atoms with Gasteiger partial charge in [0.05, 0.1) is 0 Å². The molecule has 0 radical (unpaired) electrons. The number of halogens is 1. The van der Waals surface area contributed by atoms with Crippen LogP contribution in [0.25, 0.3) is 0 Å². The second-order valence-corrected chi connectivity index (χ2v) is 4.95. The van der Waals surface area contributed by atoms with Crippen molar-refractivity contribution in [1.82, 2.24) is 0 Å². The highest BCUT2D eigenvalue weighted by Gasteiger charge is 2.09. The van der Waals surface area contributed by atoms with Gasteiger partial charge in [0, 0.05) is 10.5 Å². The fraction of sp³-hybridized carbons (Fsp3) is 0.500. The highest BCUT2D eigenvalue weighted by atomic mass is 79.9. The quantitative estimate of drug-likeness (QED) is 0.869. The van der Waals surface area contributed by atoms with Crippen molar-refractivity contribution in [3.05, 3.63) is 34.3 Å². The zero-order chi connectivity index (χ0) is 10.6. The topological polar surface area (TPSA) is 26.0 Å². The number of nitrogens with two attached hydrogens (primary N) is 1. The monoisotopic (exact) mass is 255 g/mol. The summed E-state index contributed by atoms with van der Waals surface area (Å²) in [4.78, 5) is 0. The van der Waals surface area contributed by atoms with Crippen LogP contribution < -0.4 is 5.73 Å². The van der Waals surface area contributed by atoms with Gasteiger partial charge < -0.3 is 5.73 Å². The van der Waals surface area contributed by atoms with Crippen LogP contribution in [0.5, 0.6) is 0 Å². The summed E-state index contributed by atoms with van der Waals surface area (Å²) in [7, 11) is 0. The van der Waals surface area contributed by atoms with Gasteiger partial charge in [-0.15, -0.1) is 0 Å². The molecule has 0 unspecified atom stereocenters. The molecule has 1 aromatic carbocycles. The standard InChI is InChI=1S/C12H18BrN/c1-9(2)7-8-12(14)10-5-3-4-6-11(10)13/h3-6,9,12H,7-8,14H2,1-2H3/t12-/m1/s1. The van der Waals surface area contributed by atoms with Gasteiger partial charge >= 0.3 is 0 Å². The van der Waals surface area contributed by atoms with Gasteiger partial charge in [-0.05, 0) is 30.4 Å². The van der Waals surface area contributed by atoms with Crippen LogP contribution >= 0.6 is 15.9 Å². The predicted molar refractivity (Wildman–Crippen MR) is 65.1 cm³/mol. The summed E-state index contributed by atoms with van der Waals surface area (Å²) in [5.41, 5.74) is 7.33. The van der Waals surface area contributed by atoms with Crippen LogP contribution in [0.3, 0.4) is 0 Å². The van der Waals surface area contributed by atoms with Crippen LogP contribution in [0.15, 0.2) is 28.7 Å². The number of hydrogen-bond donors (Lipinski definition) is 1. The van der Waals surface area contributed by atoms with E-state index in [0.29, 0.717) is 0 Å². The third-order valence-corrected chi connectivity index (χ3v) is 3.08. The summed E-state index contributed by atoms with van der Waals surface area (Å²) < 4.78 is 1.12. The van der Waals surface area contributed by atoms with Gasteiger partial charge in [-0.25, -0.2) is 0 Å². The fourth-order valence-corrected chi connectivity index (χ4v) is 2.02. The van der Waals surface area contributed by atoms with E-state index in [1.807, 2.05) is 18.2 Å². The molecule has 0 aromatic heterocycles. The maximum Gasteiger partial charge on any atom is 0.0306 e. The third-order valence-electron chi connectivity index (χ3n) is 2.36. The minimum atomic E-state index is 0.160. The Balaban J connectivity index is 2.60. The van der Waals surface area contributed by atoms with Gasteiger partial charge in [0.25, 0.3) is 0 Å². The van der Waals surface area contributed by atoms with E-state index < -0.39 is 0 Å². The first-order valence-electron chi connectivity index (χ1n) is 5.11. The first kappa shape index (κ1) is 11.7. The molecule has 0 aliphatic carbocycles. The second-order valence-electron chi connectivity index (χ2n) is 4.10. The Bertz CT molecular complexity index is 283. The molecule has 0 saturated heterocycles. The summed E-state index contributed by atoms with van der Waals surface area (Å²) in [5, 5.41) is 0. The molecule has 0 heterocycles. The lowest BCUT2D eigenvalue weighted by atomic mass is 9.98. The van der Waals surface area contributed by atoms with E-state index in [1.54, 1.807) is 0 Å². The Morgan fingerprint density at radius 2 is 1.86 bits per heavy atom. The molecular formula is C12H18BrN. The summed E-state index contributed by atoms with van der Waals surface area (Å²) in [6, 6.07) is 8.35. The van der Waals surface area contributed by atoms with Crippen molar-refractivity contribution >= 4 is 15.9 Å². The Labute approximate surface area is 94.8 Å². The first-order chi connectivity index (χ1) is 6.61. The van der Waals surface area contributed by atoms with Gasteiger partial charge in [0.1, 0.15) is 0 Å². The van der Waals surface area contributed by atoms with E-state index in [1.165, 1.54) is 12.0 Å². The van der Waals surface area contributed by atoms with Crippen molar-refractivity contribution in [2.24, 2.45) is 11.7 Å². The molecule has 78 valence electrons. The van der Waals surface area contributed by atoms with Crippen molar-refractivity contribution in [1.29, 1.82) is 0 Å². The smallest absolute Gasteiger partial charge is 0.0306 e. The summed E-state index contributed by atoms with van der Waals surface area (Å²) in [6.45, 7) is 4.46. The van der Waals surface area contributed by atoms with E-state index in [2.05, 4.69) is 35.8 Å².